The predicted octanol–water partition coefficient (Wildman–Crippen LogP) is 5.12. The van der Waals surface area contributed by atoms with Crippen molar-refractivity contribution >= 4 is 33.9 Å². The van der Waals surface area contributed by atoms with Crippen molar-refractivity contribution in [3.8, 4) is 0 Å². The maximum atomic E-state index is 4.82. The second-order valence-corrected chi connectivity index (χ2v) is 6.90. The fourth-order valence-corrected chi connectivity index (χ4v) is 3.39. The first-order valence-electron chi connectivity index (χ1n) is 8.43. The van der Waals surface area contributed by atoms with Gasteiger partial charge in [0, 0.05) is 11.3 Å². The molecular weight excluding hydrogens is 340 g/mol. The molecule has 4 nitrogen and oxygen atoms in total. The highest BCUT2D eigenvalue weighted by Gasteiger charge is 2.10. The van der Waals surface area contributed by atoms with E-state index < -0.39 is 0 Å². The highest BCUT2D eigenvalue weighted by Crippen LogP contribution is 2.20. The fraction of sp³-hybridized carbons (Fsp3) is 0.0952. The van der Waals surface area contributed by atoms with Gasteiger partial charge in [-0.2, -0.15) is 5.10 Å². The maximum Gasteiger partial charge on any atom is 0.169 e. The summed E-state index contributed by atoms with van der Waals surface area (Å²) in [6.45, 7) is 1.99. The number of para-hydroxylation sites is 2. The maximum absolute atomic E-state index is 4.82. The summed E-state index contributed by atoms with van der Waals surface area (Å²) < 4.78 is 0. The van der Waals surface area contributed by atoms with Crippen molar-refractivity contribution in [3.63, 3.8) is 0 Å². The molecule has 0 saturated carbocycles. The predicted molar refractivity (Wildman–Crippen MR) is 109 cm³/mol. The summed E-state index contributed by atoms with van der Waals surface area (Å²) >= 11 is 1.67. The van der Waals surface area contributed by atoms with Gasteiger partial charge in [0.25, 0.3) is 0 Å². The second kappa shape index (κ2) is 7.45. The first-order chi connectivity index (χ1) is 12.8. The van der Waals surface area contributed by atoms with Crippen molar-refractivity contribution in [2.45, 2.75) is 13.3 Å². The van der Waals surface area contributed by atoms with E-state index in [1.165, 1.54) is 5.56 Å². The Morgan fingerprint density at radius 3 is 2.38 bits per heavy atom. The molecule has 0 amide bonds. The minimum absolute atomic E-state index is 0.698. The van der Waals surface area contributed by atoms with Crippen LogP contribution in [0, 0.1) is 0 Å². The van der Waals surface area contributed by atoms with Crippen LogP contribution in [0.4, 0.5) is 5.82 Å². The number of benzene rings is 2. The third-order valence-electron chi connectivity index (χ3n) is 4.06. The van der Waals surface area contributed by atoms with E-state index in [4.69, 9.17) is 9.97 Å². The molecular formula is C21H18N4S. The van der Waals surface area contributed by atoms with Crippen molar-refractivity contribution in [3.05, 3.63) is 88.2 Å². The van der Waals surface area contributed by atoms with Crippen molar-refractivity contribution in [1.82, 2.24) is 9.97 Å². The van der Waals surface area contributed by atoms with Crippen LogP contribution in [0.1, 0.15) is 23.1 Å². The molecule has 0 aliphatic rings. The van der Waals surface area contributed by atoms with Crippen molar-refractivity contribution in [2.24, 2.45) is 5.10 Å². The zero-order valence-corrected chi connectivity index (χ0v) is 15.2. The van der Waals surface area contributed by atoms with Crippen LogP contribution in [0.5, 0.6) is 0 Å². The van der Waals surface area contributed by atoms with Crippen LogP contribution in [0.3, 0.4) is 0 Å². The lowest BCUT2D eigenvalue weighted by Gasteiger charge is -2.10. The summed E-state index contributed by atoms with van der Waals surface area (Å²) in [7, 11) is 0. The number of thiophene rings is 1. The highest BCUT2D eigenvalue weighted by molar-refractivity contribution is 7.12. The molecule has 2 aromatic heterocycles. The van der Waals surface area contributed by atoms with E-state index in [1.54, 1.807) is 11.3 Å². The van der Waals surface area contributed by atoms with Gasteiger partial charge in [0.15, 0.2) is 5.82 Å². The van der Waals surface area contributed by atoms with Gasteiger partial charge in [-0.25, -0.2) is 9.97 Å². The molecule has 0 spiro atoms. The van der Waals surface area contributed by atoms with Crippen LogP contribution < -0.4 is 5.43 Å². The lowest BCUT2D eigenvalue weighted by Crippen LogP contribution is -2.05. The molecule has 0 unspecified atom stereocenters. The fourth-order valence-electron chi connectivity index (χ4n) is 2.71. The van der Waals surface area contributed by atoms with Gasteiger partial charge in [0.2, 0.25) is 0 Å². The lowest BCUT2D eigenvalue weighted by molar-refractivity contribution is 1.05. The summed E-state index contributed by atoms with van der Waals surface area (Å²) in [5.41, 5.74) is 7.89. The normalized spacial score (nSPS) is 11.7. The number of rotatable bonds is 5. The molecule has 4 rings (SSSR count). The molecule has 0 bridgehead atoms. The Labute approximate surface area is 156 Å². The van der Waals surface area contributed by atoms with Crippen LogP contribution in [0.15, 0.2) is 77.2 Å². The van der Waals surface area contributed by atoms with Gasteiger partial charge in [-0.3, -0.25) is 5.43 Å². The molecule has 0 saturated heterocycles. The van der Waals surface area contributed by atoms with E-state index in [0.717, 1.165) is 27.3 Å². The van der Waals surface area contributed by atoms with E-state index in [2.05, 4.69) is 28.7 Å². The van der Waals surface area contributed by atoms with Gasteiger partial charge in [-0.15, -0.1) is 11.3 Å². The minimum Gasteiger partial charge on any atom is -0.260 e. The summed E-state index contributed by atoms with van der Waals surface area (Å²) in [6, 6.07) is 22.3. The zero-order valence-electron chi connectivity index (χ0n) is 14.4. The Hall–Kier alpha value is -3.05. The largest absolute Gasteiger partial charge is 0.260 e. The van der Waals surface area contributed by atoms with Gasteiger partial charge in [0.05, 0.1) is 22.4 Å². The molecule has 1 N–H and O–H groups in total. The third kappa shape index (κ3) is 3.63. The topological polar surface area (TPSA) is 50.2 Å². The van der Waals surface area contributed by atoms with E-state index in [9.17, 15) is 0 Å². The van der Waals surface area contributed by atoms with Crippen LogP contribution in [-0.4, -0.2) is 15.7 Å². The van der Waals surface area contributed by atoms with Crippen LogP contribution in [0.25, 0.3) is 11.0 Å². The average molecular weight is 358 g/mol. The smallest absolute Gasteiger partial charge is 0.169 e. The third-order valence-corrected chi connectivity index (χ3v) is 5.04. The molecule has 0 fully saturated rings. The summed E-state index contributed by atoms with van der Waals surface area (Å²) in [6.07, 6.45) is 0.703. The van der Waals surface area contributed by atoms with Crippen LogP contribution in [0.2, 0.25) is 0 Å². The van der Waals surface area contributed by atoms with Gasteiger partial charge >= 0.3 is 0 Å². The highest BCUT2D eigenvalue weighted by atomic mass is 32.1. The molecule has 2 aromatic carbocycles. The number of aromatic nitrogens is 2. The van der Waals surface area contributed by atoms with Crippen LogP contribution in [-0.2, 0) is 6.42 Å². The van der Waals surface area contributed by atoms with Crippen LogP contribution >= 0.6 is 11.3 Å². The quantitative estimate of drug-likeness (QED) is 0.398. The molecule has 26 heavy (non-hydrogen) atoms. The molecule has 5 heteroatoms. The monoisotopic (exact) mass is 358 g/mol. The van der Waals surface area contributed by atoms with Gasteiger partial charge in [0.1, 0.15) is 0 Å². The molecule has 0 radical (unpaired) electrons. The molecule has 2 heterocycles. The minimum atomic E-state index is 0.698. The first-order valence-corrected chi connectivity index (χ1v) is 9.31. The summed E-state index contributed by atoms with van der Waals surface area (Å²) in [5, 5.41) is 6.57. The Kier molecular flexibility index (Phi) is 4.71. The average Bonchev–Trinajstić information content (AvgIpc) is 3.22. The lowest BCUT2D eigenvalue weighted by atomic mass is 10.1. The number of fused-ring (bicyclic) bond motifs is 1. The summed E-state index contributed by atoms with van der Waals surface area (Å²) in [5.74, 6) is 0.698. The standard InChI is InChI=1S/C21H18N4S/c1-15(20-12-7-13-26-20)24-25-21-19(14-16-8-3-2-4-9-16)22-17-10-5-6-11-18(17)23-21/h2-13H,14H2,1H3,(H,23,25)/b24-15-. The van der Waals surface area contributed by atoms with Gasteiger partial charge < -0.3 is 0 Å². The molecule has 128 valence electrons. The molecule has 0 aliphatic heterocycles. The number of nitrogens with one attached hydrogen (secondary N) is 1. The Balaban J connectivity index is 1.71. The van der Waals surface area contributed by atoms with Crippen molar-refractivity contribution in [1.29, 1.82) is 0 Å². The number of anilines is 1. The van der Waals surface area contributed by atoms with Crippen molar-refractivity contribution in [2.75, 3.05) is 5.43 Å². The molecule has 0 atom stereocenters. The summed E-state index contributed by atoms with van der Waals surface area (Å²) in [4.78, 5) is 10.7. The number of hydrazone groups is 1. The number of nitrogens with zero attached hydrogens (tertiary/aromatic N) is 3. The zero-order chi connectivity index (χ0) is 17.8. The second-order valence-electron chi connectivity index (χ2n) is 5.96. The Morgan fingerprint density at radius 2 is 1.65 bits per heavy atom. The van der Waals surface area contributed by atoms with E-state index in [1.807, 2.05) is 60.8 Å². The van der Waals surface area contributed by atoms with Gasteiger partial charge in [-0.1, -0.05) is 48.5 Å². The van der Waals surface area contributed by atoms with Gasteiger partial charge in [-0.05, 0) is 36.1 Å². The number of hydrogen-bond acceptors (Lipinski definition) is 5. The Morgan fingerprint density at radius 1 is 0.923 bits per heavy atom. The number of hydrogen-bond donors (Lipinski definition) is 1. The first kappa shape index (κ1) is 16.4. The SMILES string of the molecule is C/C(=N/Nc1nc2ccccc2nc1Cc1ccccc1)c1cccs1. The van der Waals surface area contributed by atoms with E-state index in [0.29, 0.717) is 12.2 Å². The Bertz CT molecular complexity index is 1040. The molecule has 0 aliphatic carbocycles. The van der Waals surface area contributed by atoms with Crippen molar-refractivity contribution < 1.29 is 0 Å². The molecule has 4 aromatic rings. The van der Waals surface area contributed by atoms with E-state index >= 15 is 0 Å². The van der Waals surface area contributed by atoms with E-state index in [-0.39, 0.29) is 0 Å².